The highest BCUT2D eigenvalue weighted by atomic mass is 79.9. The molecule has 0 aromatic heterocycles. The van der Waals surface area contributed by atoms with Gasteiger partial charge in [-0.25, -0.2) is 5.90 Å². The molecule has 2 N–H and O–H groups in total. The van der Waals surface area contributed by atoms with Gasteiger partial charge in [0.15, 0.2) is 0 Å². The molecule has 0 aliphatic heterocycles. The van der Waals surface area contributed by atoms with Crippen molar-refractivity contribution >= 4 is 15.9 Å². The molecule has 94 valence electrons. The van der Waals surface area contributed by atoms with Crippen molar-refractivity contribution in [3.05, 3.63) is 26.7 Å². The van der Waals surface area contributed by atoms with Gasteiger partial charge in [0.1, 0.15) is 5.75 Å². The van der Waals surface area contributed by atoms with E-state index in [1.54, 1.807) is 7.11 Å². The van der Waals surface area contributed by atoms with E-state index in [2.05, 4.69) is 22.9 Å². The van der Waals surface area contributed by atoms with E-state index < -0.39 is 0 Å². The van der Waals surface area contributed by atoms with Crippen LogP contribution < -0.4 is 10.6 Å². The van der Waals surface area contributed by atoms with Crippen molar-refractivity contribution in [3.8, 4) is 5.75 Å². The predicted octanol–water partition coefficient (Wildman–Crippen LogP) is 3.04. The van der Waals surface area contributed by atoms with Crippen LogP contribution in [-0.4, -0.2) is 7.11 Å². The number of hydrogen-bond donors (Lipinski definition) is 1. The van der Waals surface area contributed by atoms with Crippen LogP contribution in [0.1, 0.15) is 35.1 Å². The number of benzene rings is 1. The highest BCUT2D eigenvalue weighted by Crippen LogP contribution is 2.41. The topological polar surface area (TPSA) is 44.5 Å². The van der Waals surface area contributed by atoms with Gasteiger partial charge in [-0.1, -0.05) is 0 Å². The lowest BCUT2D eigenvalue weighted by Crippen LogP contribution is -2.12. The lowest BCUT2D eigenvalue weighted by molar-refractivity contribution is 0.121. The molecular formula is C13H18BrNO2. The summed E-state index contributed by atoms with van der Waals surface area (Å²) in [6, 6.07) is 0. The third-order valence-electron chi connectivity index (χ3n) is 3.54. The zero-order chi connectivity index (χ0) is 12.4. The Morgan fingerprint density at radius 3 is 2.47 bits per heavy atom. The van der Waals surface area contributed by atoms with E-state index in [1.807, 2.05) is 0 Å². The van der Waals surface area contributed by atoms with Crippen LogP contribution in [0.3, 0.4) is 0 Å². The van der Waals surface area contributed by atoms with Crippen LogP contribution >= 0.6 is 15.9 Å². The molecule has 17 heavy (non-hydrogen) atoms. The fraction of sp³-hybridized carbons (Fsp3) is 0.538. The SMILES string of the molecule is COc1c(Br)c2c(c(C)c1CON)CCCC2. The minimum absolute atomic E-state index is 0.390. The van der Waals surface area contributed by atoms with Crippen molar-refractivity contribution in [1.29, 1.82) is 0 Å². The molecule has 1 aromatic rings. The Labute approximate surface area is 110 Å². The molecule has 0 spiro atoms. The first kappa shape index (κ1) is 12.9. The first-order chi connectivity index (χ1) is 8.20. The normalized spacial score (nSPS) is 14.6. The molecule has 4 heteroatoms. The molecular weight excluding hydrogens is 282 g/mol. The Kier molecular flexibility index (Phi) is 4.07. The van der Waals surface area contributed by atoms with Crippen LogP contribution in [0.25, 0.3) is 0 Å². The summed E-state index contributed by atoms with van der Waals surface area (Å²) < 4.78 is 6.57. The first-order valence-corrected chi connectivity index (χ1v) is 6.68. The van der Waals surface area contributed by atoms with E-state index in [-0.39, 0.29) is 0 Å². The molecule has 0 saturated carbocycles. The Morgan fingerprint density at radius 2 is 1.88 bits per heavy atom. The Hall–Kier alpha value is -0.580. The molecule has 0 radical (unpaired) electrons. The van der Waals surface area contributed by atoms with Crippen LogP contribution in [0.4, 0.5) is 0 Å². The van der Waals surface area contributed by atoms with Gasteiger partial charge < -0.3 is 4.74 Å². The van der Waals surface area contributed by atoms with Crippen LogP contribution in [-0.2, 0) is 24.3 Å². The summed E-state index contributed by atoms with van der Waals surface area (Å²) in [5, 5.41) is 0. The molecule has 2 rings (SSSR count). The monoisotopic (exact) mass is 299 g/mol. The van der Waals surface area contributed by atoms with E-state index in [0.29, 0.717) is 6.61 Å². The van der Waals surface area contributed by atoms with Gasteiger partial charge in [0.05, 0.1) is 18.2 Å². The second-order valence-corrected chi connectivity index (χ2v) is 5.22. The third kappa shape index (κ3) is 2.21. The maximum atomic E-state index is 5.49. The molecule has 1 aliphatic carbocycles. The summed E-state index contributed by atoms with van der Waals surface area (Å²) >= 11 is 3.66. The van der Waals surface area contributed by atoms with Crippen molar-refractivity contribution in [1.82, 2.24) is 0 Å². The molecule has 0 unspecified atom stereocenters. The molecule has 0 saturated heterocycles. The maximum Gasteiger partial charge on any atom is 0.139 e. The van der Waals surface area contributed by atoms with E-state index in [1.165, 1.54) is 29.5 Å². The van der Waals surface area contributed by atoms with Gasteiger partial charge in [0, 0.05) is 5.56 Å². The molecule has 0 heterocycles. The molecule has 1 aliphatic rings. The van der Waals surface area contributed by atoms with Gasteiger partial charge in [-0.2, -0.15) is 0 Å². The largest absolute Gasteiger partial charge is 0.495 e. The molecule has 3 nitrogen and oxygen atoms in total. The Bertz CT molecular complexity index is 432. The number of fused-ring (bicyclic) bond motifs is 1. The quantitative estimate of drug-likeness (QED) is 0.873. The van der Waals surface area contributed by atoms with Gasteiger partial charge in [0.2, 0.25) is 0 Å². The highest BCUT2D eigenvalue weighted by molar-refractivity contribution is 9.10. The van der Waals surface area contributed by atoms with Crippen LogP contribution in [0.5, 0.6) is 5.75 Å². The number of ether oxygens (including phenoxy) is 1. The number of hydrogen-bond acceptors (Lipinski definition) is 3. The number of rotatable bonds is 3. The molecule has 0 atom stereocenters. The average Bonchev–Trinajstić information content (AvgIpc) is 2.36. The van der Waals surface area contributed by atoms with E-state index in [9.17, 15) is 0 Å². The zero-order valence-electron chi connectivity index (χ0n) is 10.3. The van der Waals surface area contributed by atoms with Gasteiger partial charge in [-0.3, -0.25) is 4.84 Å². The molecule has 0 bridgehead atoms. The Balaban J connectivity index is 2.63. The first-order valence-electron chi connectivity index (χ1n) is 5.89. The van der Waals surface area contributed by atoms with Gasteiger partial charge >= 0.3 is 0 Å². The average molecular weight is 300 g/mol. The predicted molar refractivity (Wildman–Crippen MR) is 71.0 cm³/mol. The summed E-state index contributed by atoms with van der Waals surface area (Å²) in [6.07, 6.45) is 4.77. The van der Waals surface area contributed by atoms with E-state index in [4.69, 9.17) is 15.5 Å². The standard InChI is InChI=1S/C13H18BrNO2/c1-8-9-5-3-4-6-10(9)12(14)13(16-2)11(8)7-17-15/h3-7,15H2,1-2H3. The van der Waals surface area contributed by atoms with Crippen molar-refractivity contribution in [3.63, 3.8) is 0 Å². The van der Waals surface area contributed by atoms with Gasteiger partial charge in [0.25, 0.3) is 0 Å². The number of methoxy groups -OCH3 is 1. The lowest BCUT2D eigenvalue weighted by atomic mass is 9.86. The summed E-state index contributed by atoms with van der Waals surface area (Å²) in [6.45, 7) is 2.52. The summed E-state index contributed by atoms with van der Waals surface area (Å²) in [5.41, 5.74) is 5.16. The summed E-state index contributed by atoms with van der Waals surface area (Å²) in [7, 11) is 1.69. The van der Waals surface area contributed by atoms with E-state index in [0.717, 1.165) is 28.6 Å². The number of halogens is 1. The second-order valence-electron chi connectivity index (χ2n) is 4.43. The maximum absolute atomic E-state index is 5.49. The summed E-state index contributed by atoms with van der Waals surface area (Å²) in [5.74, 6) is 6.08. The van der Waals surface area contributed by atoms with Gasteiger partial charge in [-0.15, -0.1) is 0 Å². The fourth-order valence-electron chi connectivity index (χ4n) is 2.65. The van der Waals surface area contributed by atoms with Crippen LogP contribution in [0.2, 0.25) is 0 Å². The summed E-state index contributed by atoms with van der Waals surface area (Å²) in [4.78, 5) is 4.80. The van der Waals surface area contributed by atoms with Gasteiger partial charge in [-0.05, 0) is 65.2 Å². The highest BCUT2D eigenvalue weighted by Gasteiger charge is 2.22. The minimum Gasteiger partial charge on any atom is -0.495 e. The van der Waals surface area contributed by atoms with E-state index >= 15 is 0 Å². The van der Waals surface area contributed by atoms with Crippen molar-refractivity contribution in [2.45, 2.75) is 39.2 Å². The Morgan fingerprint density at radius 1 is 1.24 bits per heavy atom. The molecule has 0 fully saturated rings. The van der Waals surface area contributed by atoms with Crippen molar-refractivity contribution in [2.75, 3.05) is 7.11 Å². The third-order valence-corrected chi connectivity index (χ3v) is 4.38. The number of nitrogens with two attached hydrogens (primary N) is 1. The zero-order valence-corrected chi connectivity index (χ0v) is 11.9. The van der Waals surface area contributed by atoms with Crippen LogP contribution in [0, 0.1) is 6.92 Å². The van der Waals surface area contributed by atoms with Crippen LogP contribution in [0.15, 0.2) is 4.47 Å². The molecule has 1 aromatic carbocycles. The second kappa shape index (κ2) is 5.38. The smallest absolute Gasteiger partial charge is 0.139 e. The fourth-order valence-corrected chi connectivity index (χ4v) is 3.49. The minimum atomic E-state index is 0.390. The lowest BCUT2D eigenvalue weighted by Gasteiger charge is -2.24. The molecule has 0 amide bonds. The van der Waals surface area contributed by atoms with Crippen molar-refractivity contribution in [2.24, 2.45) is 5.90 Å². The van der Waals surface area contributed by atoms with Crippen molar-refractivity contribution < 1.29 is 9.57 Å².